The fraction of sp³-hybridized carbons (Fsp3) is 0.500. The maximum absolute atomic E-state index is 5.05. The van der Waals surface area contributed by atoms with Gasteiger partial charge < -0.3 is 0 Å². The molecule has 0 unspecified atom stereocenters. The molecule has 86 valence electrons. The Morgan fingerprint density at radius 3 is 2.75 bits per heavy atom. The molecule has 0 saturated heterocycles. The molecular formula is C10H14N4S2. The van der Waals surface area contributed by atoms with Crippen molar-refractivity contribution in [3.8, 4) is 10.6 Å². The van der Waals surface area contributed by atoms with Crippen LogP contribution < -0.4 is 0 Å². The minimum atomic E-state index is 0.706. The number of nitrogens with one attached hydrogen (secondary N) is 1. The van der Waals surface area contributed by atoms with Crippen LogP contribution in [0.1, 0.15) is 24.7 Å². The van der Waals surface area contributed by atoms with E-state index in [0.29, 0.717) is 3.95 Å². The molecule has 0 radical (unpaired) electrons. The van der Waals surface area contributed by atoms with Gasteiger partial charge in [-0.1, -0.05) is 18.3 Å². The highest BCUT2D eigenvalue weighted by Crippen LogP contribution is 2.28. The quantitative estimate of drug-likeness (QED) is 0.856. The van der Waals surface area contributed by atoms with Crippen LogP contribution >= 0.6 is 23.6 Å². The summed E-state index contributed by atoms with van der Waals surface area (Å²) in [4.78, 5) is 0. The average Bonchev–Trinajstić information content (AvgIpc) is 2.74. The number of H-pyrrole nitrogens is 1. The third-order valence-electron chi connectivity index (χ3n) is 2.47. The van der Waals surface area contributed by atoms with E-state index in [2.05, 4.69) is 29.1 Å². The van der Waals surface area contributed by atoms with Crippen molar-refractivity contribution in [1.29, 1.82) is 0 Å². The van der Waals surface area contributed by atoms with Crippen LogP contribution in [0.2, 0.25) is 0 Å². The van der Waals surface area contributed by atoms with Crippen molar-refractivity contribution < 1.29 is 0 Å². The second-order valence-corrected chi connectivity index (χ2v) is 5.35. The summed E-state index contributed by atoms with van der Waals surface area (Å²) < 4.78 is 2.74. The van der Waals surface area contributed by atoms with Crippen LogP contribution in [0.4, 0.5) is 0 Å². The molecule has 0 aliphatic carbocycles. The Bertz CT molecular complexity index is 549. The normalized spacial score (nSPS) is 10.9. The predicted molar refractivity (Wildman–Crippen MR) is 68.3 cm³/mol. The smallest absolute Gasteiger partial charge is 0.176 e. The monoisotopic (exact) mass is 254 g/mol. The second kappa shape index (κ2) is 4.47. The first-order valence-electron chi connectivity index (χ1n) is 5.23. The molecule has 0 fully saturated rings. The lowest BCUT2D eigenvalue weighted by atomic mass is 10.2. The molecule has 2 heterocycles. The van der Waals surface area contributed by atoms with Gasteiger partial charge in [0.2, 0.25) is 0 Å². The highest BCUT2D eigenvalue weighted by Gasteiger charge is 2.15. The van der Waals surface area contributed by atoms with Gasteiger partial charge in [0, 0.05) is 12.2 Å². The van der Waals surface area contributed by atoms with Gasteiger partial charge in [-0.05, 0) is 32.5 Å². The van der Waals surface area contributed by atoms with Crippen molar-refractivity contribution >= 4 is 23.6 Å². The van der Waals surface area contributed by atoms with Crippen LogP contribution in [-0.2, 0) is 6.54 Å². The molecule has 0 aromatic carbocycles. The molecule has 0 atom stereocenters. The largest absolute Gasteiger partial charge is 0.269 e. The molecule has 0 aliphatic rings. The van der Waals surface area contributed by atoms with E-state index in [1.54, 1.807) is 0 Å². The maximum Gasteiger partial charge on any atom is 0.176 e. The van der Waals surface area contributed by atoms with E-state index in [0.717, 1.165) is 34.9 Å². The summed E-state index contributed by atoms with van der Waals surface area (Å²) in [6, 6.07) is 0. The lowest BCUT2D eigenvalue weighted by molar-refractivity contribution is 0.583. The zero-order chi connectivity index (χ0) is 11.7. The average molecular weight is 254 g/mol. The van der Waals surface area contributed by atoms with Crippen molar-refractivity contribution in [2.45, 2.75) is 33.7 Å². The molecule has 4 nitrogen and oxygen atoms in total. The second-order valence-electron chi connectivity index (χ2n) is 3.69. The van der Waals surface area contributed by atoms with Gasteiger partial charge in [-0.15, -0.1) is 0 Å². The van der Waals surface area contributed by atoms with Crippen LogP contribution in [0.5, 0.6) is 0 Å². The third-order valence-corrected chi connectivity index (χ3v) is 3.58. The number of aryl methyl sites for hydroxylation is 2. The van der Waals surface area contributed by atoms with Crippen molar-refractivity contribution in [2.75, 3.05) is 0 Å². The third kappa shape index (κ3) is 1.94. The van der Waals surface area contributed by atoms with Crippen LogP contribution in [0.25, 0.3) is 10.6 Å². The molecule has 2 aromatic rings. The van der Waals surface area contributed by atoms with Crippen molar-refractivity contribution in [2.24, 2.45) is 0 Å². The van der Waals surface area contributed by atoms with Gasteiger partial charge in [0.1, 0.15) is 5.01 Å². The summed E-state index contributed by atoms with van der Waals surface area (Å²) in [6.45, 7) is 7.19. The minimum Gasteiger partial charge on any atom is -0.269 e. The van der Waals surface area contributed by atoms with Gasteiger partial charge in [-0.2, -0.15) is 10.2 Å². The van der Waals surface area contributed by atoms with Crippen molar-refractivity contribution in [3.63, 3.8) is 0 Å². The maximum atomic E-state index is 5.05. The molecule has 16 heavy (non-hydrogen) atoms. The standard InChI is InChI=1S/C10H14N4S2/c1-4-5-14-7(3)8(6(2)13-14)9-11-12-10(15)16-9/h4-5H2,1-3H3,(H,12,15). The zero-order valence-electron chi connectivity index (χ0n) is 9.57. The number of aromatic nitrogens is 4. The SMILES string of the molecule is CCCn1nc(C)c(-c2n[nH]c(=S)s2)c1C. The Morgan fingerprint density at radius 1 is 1.44 bits per heavy atom. The highest BCUT2D eigenvalue weighted by molar-refractivity contribution is 7.73. The van der Waals surface area contributed by atoms with Crippen molar-refractivity contribution in [3.05, 3.63) is 15.3 Å². The number of rotatable bonds is 3. The Morgan fingerprint density at radius 2 is 2.19 bits per heavy atom. The fourth-order valence-electron chi connectivity index (χ4n) is 1.77. The molecule has 6 heteroatoms. The van der Waals surface area contributed by atoms with Gasteiger partial charge >= 0.3 is 0 Å². The topological polar surface area (TPSA) is 46.5 Å². The molecule has 0 amide bonds. The molecule has 2 aromatic heterocycles. The highest BCUT2D eigenvalue weighted by atomic mass is 32.1. The lowest BCUT2D eigenvalue weighted by Gasteiger charge is -2.01. The van der Waals surface area contributed by atoms with Gasteiger partial charge in [-0.25, -0.2) is 0 Å². The number of hydrogen-bond donors (Lipinski definition) is 1. The Balaban J connectivity index is 2.52. The fourth-order valence-corrected chi connectivity index (χ4v) is 2.81. The van der Waals surface area contributed by atoms with Crippen molar-refractivity contribution in [1.82, 2.24) is 20.0 Å². The number of nitrogens with zero attached hydrogens (tertiary/aromatic N) is 3. The molecule has 0 saturated carbocycles. The Hall–Kier alpha value is -1.01. The van der Waals surface area contributed by atoms with E-state index in [1.807, 2.05) is 11.6 Å². The summed E-state index contributed by atoms with van der Waals surface area (Å²) in [5.74, 6) is 0. The summed E-state index contributed by atoms with van der Waals surface area (Å²) in [5, 5.41) is 12.5. The Labute approximate surface area is 103 Å². The number of hydrogen-bond acceptors (Lipinski definition) is 4. The molecule has 0 bridgehead atoms. The summed E-state index contributed by atoms with van der Waals surface area (Å²) >= 11 is 6.55. The van der Waals surface area contributed by atoms with Gasteiger partial charge in [0.25, 0.3) is 0 Å². The Kier molecular flexibility index (Phi) is 3.20. The lowest BCUT2D eigenvalue weighted by Crippen LogP contribution is -2.01. The first kappa shape index (κ1) is 11.5. The van der Waals surface area contributed by atoms with Gasteiger partial charge in [-0.3, -0.25) is 9.78 Å². The van der Waals surface area contributed by atoms with Crippen LogP contribution in [0.15, 0.2) is 0 Å². The molecule has 0 aliphatic heterocycles. The van der Waals surface area contributed by atoms with Gasteiger partial charge in [0.15, 0.2) is 3.95 Å². The van der Waals surface area contributed by atoms with E-state index in [4.69, 9.17) is 12.2 Å². The van der Waals surface area contributed by atoms with Crippen LogP contribution in [-0.4, -0.2) is 20.0 Å². The summed E-state index contributed by atoms with van der Waals surface area (Å²) in [7, 11) is 0. The van der Waals surface area contributed by atoms with E-state index in [9.17, 15) is 0 Å². The molecule has 1 N–H and O–H groups in total. The summed E-state index contributed by atoms with van der Waals surface area (Å²) in [5.41, 5.74) is 3.30. The van der Waals surface area contributed by atoms with E-state index in [1.165, 1.54) is 11.3 Å². The van der Waals surface area contributed by atoms with Crippen LogP contribution in [0, 0.1) is 17.8 Å². The molecule has 2 rings (SSSR count). The minimum absolute atomic E-state index is 0.706. The number of aromatic amines is 1. The zero-order valence-corrected chi connectivity index (χ0v) is 11.2. The molecule has 0 spiro atoms. The first-order chi connectivity index (χ1) is 7.63. The van der Waals surface area contributed by atoms with E-state index < -0.39 is 0 Å². The predicted octanol–water partition coefficient (Wildman–Crippen LogP) is 3.09. The van der Waals surface area contributed by atoms with Crippen LogP contribution in [0.3, 0.4) is 0 Å². The summed E-state index contributed by atoms with van der Waals surface area (Å²) in [6.07, 6.45) is 1.08. The van der Waals surface area contributed by atoms with E-state index in [-0.39, 0.29) is 0 Å². The molecular weight excluding hydrogens is 240 g/mol. The first-order valence-corrected chi connectivity index (χ1v) is 6.45. The van der Waals surface area contributed by atoms with Gasteiger partial charge in [0.05, 0.1) is 11.3 Å². The van der Waals surface area contributed by atoms with E-state index >= 15 is 0 Å².